The predicted octanol–water partition coefficient (Wildman–Crippen LogP) is 3.56. The summed E-state index contributed by atoms with van der Waals surface area (Å²) < 4.78 is 6.15. The van der Waals surface area contributed by atoms with E-state index < -0.39 is 6.10 Å². The van der Waals surface area contributed by atoms with Gasteiger partial charge in [-0.25, -0.2) is 0 Å². The third kappa shape index (κ3) is 4.11. The third-order valence-corrected chi connectivity index (χ3v) is 3.15. The van der Waals surface area contributed by atoms with Crippen molar-refractivity contribution >= 4 is 27.5 Å². The fourth-order valence-corrected chi connectivity index (χ4v) is 1.54. The summed E-state index contributed by atoms with van der Waals surface area (Å²) >= 11 is 9.22. The van der Waals surface area contributed by atoms with Gasteiger partial charge in [0.25, 0.3) is 0 Å². The number of hydrogen-bond donors (Lipinski definition) is 1. The molecule has 1 atom stereocenters. The maximum Gasteiger partial charge on any atom is 0.102 e. The van der Waals surface area contributed by atoms with E-state index in [-0.39, 0.29) is 12.7 Å². The maximum absolute atomic E-state index is 9.79. The summed E-state index contributed by atoms with van der Waals surface area (Å²) in [5, 5.41) is 10.4. The maximum atomic E-state index is 9.79. The summed E-state index contributed by atoms with van der Waals surface area (Å²) in [6.45, 7) is 4.15. The Hall–Kier alpha value is -0.0900. The fraction of sp³-hybridized carbons (Fsp3) is 0.455. The first kappa shape index (κ1) is 13.0. The van der Waals surface area contributed by atoms with Crippen LogP contribution < -0.4 is 0 Å². The van der Waals surface area contributed by atoms with Crippen LogP contribution in [0.2, 0.25) is 5.02 Å². The topological polar surface area (TPSA) is 29.5 Å². The highest BCUT2D eigenvalue weighted by atomic mass is 79.9. The second-order valence-electron chi connectivity index (χ2n) is 3.57. The molecule has 0 aliphatic heterocycles. The number of rotatable bonds is 4. The molecule has 0 bridgehead atoms. The molecule has 0 aromatic heterocycles. The van der Waals surface area contributed by atoms with Gasteiger partial charge in [-0.2, -0.15) is 0 Å². The van der Waals surface area contributed by atoms with Crippen LogP contribution in [-0.2, 0) is 4.74 Å². The molecule has 0 amide bonds. The van der Waals surface area contributed by atoms with Crippen molar-refractivity contribution in [3.63, 3.8) is 0 Å². The second-order valence-corrected chi connectivity index (χ2v) is 4.83. The Labute approximate surface area is 103 Å². The highest BCUT2D eigenvalue weighted by molar-refractivity contribution is 9.10. The Balaban J connectivity index is 2.65. The van der Waals surface area contributed by atoms with E-state index in [1.54, 1.807) is 6.07 Å². The number of halogens is 2. The smallest absolute Gasteiger partial charge is 0.102 e. The molecule has 0 radical (unpaired) electrons. The Bertz CT molecular complexity index is 328. The minimum atomic E-state index is -0.627. The van der Waals surface area contributed by atoms with Gasteiger partial charge in [0.05, 0.1) is 17.7 Å². The van der Waals surface area contributed by atoms with Crippen LogP contribution >= 0.6 is 27.5 Å². The van der Waals surface area contributed by atoms with E-state index in [0.717, 1.165) is 10.0 Å². The molecule has 1 aromatic carbocycles. The minimum Gasteiger partial charge on any atom is -0.386 e. The van der Waals surface area contributed by atoms with Crippen molar-refractivity contribution in [3.8, 4) is 0 Å². The SMILES string of the molecule is CC(C)OCC(O)c1ccc(Br)c(Cl)c1. The molecule has 2 nitrogen and oxygen atoms in total. The summed E-state index contributed by atoms with van der Waals surface area (Å²) in [5.41, 5.74) is 0.767. The van der Waals surface area contributed by atoms with Gasteiger partial charge in [0.1, 0.15) is 6.10 Å². The van der Waals surface area contributed by atoms with Crippen LogP contribution in [-0.4, -0.2) is 17.8 Å². The first-order valence-corrected chi connectivity index (χ1v) is 5.92. The summed E-state index contributed by atoms with van der Waals surface area (Å²) in [4.78, 5) is 0. The predicted molar refractivity (Wildman–Crippen MR) is 65.2 cm³/mol. The molecule has 4 heteroatoms. The molecule has 1 rings (SSSR count). The van der Waals surface area contributed by atoms with Crippen LogP contribution in [0.3, 0.4) is 0 Å². The van der Waals surface area contributed by atoms with E-state index in [2.05, 4.69) is 15.9 Å². The lowest BCUT2D eigenvalue weighted by Gasteiger charge is -2.14. The van der Waals surface area contributed by atoms with Crippen molar-refractivity contribution in [2.24, 2.45) is 0 Å². The van der Waals surface area contributed by atoms with Crippen molar-refractivity contribution in [1.82, 2.24) is 0 Å². The zero-order chi connectivity index (χ0) is 11.4. The van der Waals surface area contributed by atoms with Crippen molar-refractivity contribution in [2.75, 3.05) is 6.61 Å². The van der Waals surface area contributed by atoms with Gasteiger partial charge in [0, 0.05) is 4.47 Å². The molecule has 1 N–H and O–H groups in total. The monoisotopic (exact) mass is 292 g/mol. The summed E-state index contributed by atoms with van der Waals surface area (Å²) in [6, 6.07) is 5.38. The van der Waals surface area contributed by atoms with E-state index in [0.29, 0.717) is 5.02 Å². The Kier molecular flexibility index (Phi) is 5.06. The van der Waals surface area contributed by atoms with Crippen molar-refractivity contribution in [2.45, 2.75) is 26.1 Å². The molecule has 0 saturated carbocycles. The van der Waals surface area contributed by atoms with E-state index in [9.17, 15) is 5.11 Å². The molecule has 1 unspecified atom stereocenters. The molecule has 0 spiro atoms. The van der Waals surface area contributed by atoms with Gasteiger partial charge in [0.2, 0.25) is 0 Å². The number of benzene rings is 1. The Morgan fingerprint density at radius 1 is 1.47 bits per heavy atom. The van der Waals surface area contributed by atoms with E-state index in [1.807, 2.05) is 26.0 Å². The molecule has 0 aliphatic carbocycles. The average molecular weight is 294 g/mol. The van der Waals surface area contributed by atoms with E-state index in [1.165, 1.54) is 0 Å². The Morgan fingerprint density at radius 3 is 2.67 bits per heavy atom. The standard InChI is InChI=1S/C11H14BrClO2/c1-7(2)15-6-11(14)8-3-4-9(12)10(13)5-8/h3-5,7,11,14H,6H2,1-2H3. The average Bonchev–Trinajstić information content (AvgIpc) is 2.18. The van der Waals surface area contributed by atoms with E-state index >= 15 is 0 Å². The molecular weight excluding hydrogens is 279 g/mol. The van der Waals surface area contributed by atoms with Crippen molar-refractivity contribution in [1.29, 1.82) is 0 Å². The van der Waals surface area contributed by atoms with Gasteiger partial charge in [-0.1, -0.05) is 17.7 Å². The van der Waals surface area contributed by atoms with Gasteiger partial charge in [-0.05, 0) is 47.5 Å². The highest BCUT2D eigenvalue weighted by Gasteiger charge is 2.10. The first-order valence-electron chi connectivity index (χ1n) is 4.75. The number of ether oxygens (including phenoxy) is 1. The number of hydrogen-bond acceptors (Lipinski definition) is 2. The second kappa shape index (κ2) is 5.85. The van der Waals surface area contributed by atoms with Gasteiger partial charge in [-0.3, -0.25) is 0 Å². The molecule has 0 aliphatic rings. The Morgan fingerprint density at radius 2 is 2.13 bits per heavy atom. The summed E-state index contributed by atoms with van der Waals surface area (Å²) in [5.74, 6) is 0. The number of aliphatic hydroxyl groups excluding tert-OH is 1. The van der Waals surface area contributed by atoms with Crippen LogP contribution in [0.1, 0.15) is 25.5 Å². The zero-order valence-electron chi connectivity index (χ0n) is 8.71. The van der Waals surface area contributed by atoms with Gasteiger partial charge < -0.3 is 9.84 Å². The minimum absolute atomic E-state index is 0.116. The zero-order valence-corrected chi connectivity index (χ0v) is 11.0. The van der Waals surface area contributed by atoms with Gasteiger partial charge >= 0.3 is 0 Å². The molecule has 1 aromatic rings. The summed E-state index contributed by atoms with van der Waals surface area (Å²) in [7, 11) is 0. The highest BCUT2D eigenvalue weighted by Crippen LogP contribution is 2.26. The van der Waals surface area contributed by atoms with E-state index in [4.69, 9.17) is 16.3 Å². The fourth-order valence-electron chi connectivity index (χ4n) is 1.10. The molecule has 0 fully saturated rings. The molecule has 0 heterocycles. The van der Waals surface area contributed by atoms with Gasteiger partial charge in [-0.15, -0.1) is 0 Å². The first-order chi connectivity index (χ1) is 7.00. The molecular formula is C11H14BrClO2. The molecule has 84 valence electrons. The van der Waals surface area contributed by atoms with Gasteiger partial charge in [0.15, 0.2) is 0 Å². The third-order valence-electron chi connectivity index (χ3n) is 1.92. The van der Waals surface area contributed by atoms with Crippen LogP contribution in [0, 0.1) is 0 Å². The largest absolute Gasteiger partial charge is 0.386 e. The number of aliphatic hydroxyl groups is 1. The van der Waals surface area contributed by atoms with Crippen LogP contribution in [0.25, 0.3) is 0 Å². The van der Waals surface area contributed by atoms with Crippen LogP contribution in [0.5, 0.6) is 0 Å². The van der Waals surface area contributed by atoms with Crippen molar-refractivity contribution in [3.05, 3.63) is 33.3 Å². The van der Waals surface area contributed by atoms with Crippen LogP contribution in [0.15, 0.2) is 22.7 Å². The molecule has 0 saturated heterocycles. The quantitative estimate of drug-likeness (QED) is 0.920. The van der Waals surface area contributed by atoms with Crippen LogP contribution in [0.4, 0.5) is 0 Å². The lowest BCUT2D eigenvalue weighted by atomic mass is 10.1. The lowest BCUT2D eigenvalue weighted by molar-refractivity contribution is 0.00493. The lowest BCUT2D eigenvalue weighted by Crippen LogP contribution is -2.11. The molecule has 15 heavy (non-hydrogen) atoms. The van der Waals surface area contributed by atoms with Crippen molar-refractivity contribution < 1.29 is 9.84 Å². The normalized spacial score (nSPS) is 13.2. The summed E-state index contributed by atoms with van der Waals surface area (Å²) in [6.07, 6.45) is -0.511.